The van der Waals surface area contributed by atoms with E-state index in [4.69, 9.17) is 4.74 Å². The van der Waals surface area contributed by atoms with Gasteiger partial charge < -0.3 is 15.0 Å². The highest BCUT2D eigenvalue weighted by Crippen LogP contribution is 2.17. The molecule has 0 aliphatic heterocycles. The molecule has 1 heterocycles. The summed E-state index contributed by atoms with van der Waals surface area (Å²) in [5, 5.41) is 2.77. The maximum Gasteiger partial charge on any atom is 0.331 e. The lowest BCUT2D eigenvalue weighted by Gasteiger charge is -2.27. The Morgan fingerprint density at radius 3 is 2.86 bits per heavy atom. The van der Waals surface area contributed by atoms with Crippen molar-refractivity contribution in [2.45, 2.75) is 32.2 Å². The molecule has 0 saturated heterocycles. The average molecular weight is 289 g/mol. The number of hydrogen-bond acceptors (Lipinski definition) is 4. The topological polar surface area (TPSA) is 84.1 Å². The number of H-pyrrole nitrogens is 1. The van der Waals surface area contributed by atoms with Crippen LogP contribution in [0, 0.1) is 0 Å². The Balaban J connectivity index is 2.23. The number of carbonyl (C=O) groups excluding carboxylic acids is 2. The molecule has 0 radical (unpaired) electrons. The van der Waals surface area contributed by atoms with Gasteiger partial charge in [-0.05, 0) is 31.5 Å². The molecule has 112 valence electrons. The van der Waals surface area contributed by atoms with E-state index in [2.05, 4.69) is 15.3 Å². The Labute approximate surface area is 122 Å². The lowest BCUT2D eigenvalue weighted by atomic mass is 9.95. The highest BCUT2D eigenvalue weighted by molar-refractivity contribution is 6.00. The van der Waals surface area contributed by atoms with Gasteiger partial charge in [0.2, 0.25) is 0 Å². The molecule has 0 aliphatic carbocycles. The van der Waals surface area contributed by atoms with E-state index in [0.717, 1.165) is 17.5 Å². The normalized spacial score (nSPS) is 13.7. The third kappa shape index (κ3) is 3.04. The number of ether oxygens (including phenoxy) is 1. The van der Waals surface area contributed by atoms with Crippen LogP contribution in [-0.4, -0.2) is 34.5 Å². The molecule has 0 saturated carbocycles. The van der Waals surface area contributed by atoms with Crippen molar-refractivity contribution >= 4 is 22.9 Å². The Kier molecular flexibility index (Phi) is 4.26. The zero-order valence-corrected chi connectivity index (χ0v) is 12.4. The van der Waals surface area contributed by atoms with Crippen molar-refractivity contribution < 1.29 is 14.3 Å². The fraction of sp³-hybridized carbons (Fsp3) is 0.400. The summed E-state index contributed by atoms with van der Waals surface area (Å²) in [5.41, 5.74) is 1.01. The van der Waals surface area contributed by atoms with Gasteiger partial charge in [0.05, 0.1) is 24.5 Å². The molecule has 2 N–H and O–H groups in total. The molecule has 1 amide bonds. The molecular formula is C15H19N3O3. The summed E-state index contributed by atoms with van der Waals surface area (Å²) in [6.07, 6.45) is 2.84. The number of methoxy groups -OCH3 is 1. The molecule has 21 heavy (non-hydrogen) atoms. The van der Waals surface area contributed by atoms with Crippen LogP contribution in [0.15, 0.2) is 24.5 Å². The standard InChI is InChI=1S/C15H19N3O3/c1-4-7-15(2,14(20)21-3)18-13(19)10-5-6-11-12(8-10)17-9-16-11/h5-6,8-9H,4,7H2,1-3H3,(H,16,17)(H,18,19). The fourth-order valence-electron chi connectivity index (χ4n) is 2.34. The van der Waals surface area contributed by atoms with Gasteiger partial charge in [0, 0.05) is 5.56 Å². The van der Waals surface area contributed by atoms with Crippen molar-refractivity contribution in [2.75, 3.05) is 7.11 Å². The van der Waals surface area contributed by atoms with Crippen LogP contribution in [0.5, 0.6) is 0 Å². The van der Waals surface area contributed by atoms with Gasteiger partial charge in [-0.25, -0.2) is 9.78 Å². The van der Waals surface area contributed by atoms with Crippen LogP contribution in [0.1, 0.15) is 37.0 Å². The number of nitrogens with one attached hydrogen (secondary N) is 2. The summed E-state index contributed by atoms with van der Waals surface area (Å²) in [5.74, 6) is -0.756. The van der Waals surface area contributed by atoms with E-state index < -0.39 is 11.5 Å². The summed E-state index contributed by atoms with van der Waals surface area (Å²) in [4.78, 5) is 31.3. The zero-order valence-electron chi connectivity index (χ0n) is 12.4. The minimum atomic E-state index is -1.02. The molecular weight excluding hydrogens is 270 g/mol. The number of fused-ring (bicyclic) bond motifs is 1. The molecule has 2 aromatic rings. The molecule has 1 aromatic carbocycles. The second kappa shape index (κ2) is 5.95. The van der Waals surface area contributed by atoms with Crippen LogP contribution in [0.4, 0.5) is 0 Å². The fourth-order valence-corrected chi connectivity index (χ4v) is 2.34. The van der Waals surface area contributed by atoms with Crippen LogP contribution in [0.3, 0.4) is 0 Å². The summed E-state index contributed by atoms with van der Waals surface area (Å²) < 4.78 is 4.79. The second-order valence-electron chi connectivity index (χ2n) is 5.16. The van der Waals surface area contributed by atoms with Gasteiger partial charge in [0.15, 0.2) is 0 Å². The minimum Gasteiger partial charge on any atom is -0.467 e. The Morgan fingerprint density at radius 1 is 1.43 bits per heavy atom. The van der Waals surface area contributed by atoms with Crippen molar-refractivity contribution in [3.8, 4) is 0 Å². The molecule has 0 spiro atoms. The van der Waals surface area contributed by atoms with Gasteiger partial charge in [-0.3, -0.25) is 4.79 Å². The molecule has 1 unspecified atom stereocenters. The molecule has 6 heteroatoms. The molecule has 0 fully saturated rings. The number of aromatic nitrogens is 2. The second-order valence-corrected chi connectivity index (χ2v) is 5.16. The van der Waals surface area contributed by atoms with Gasteiger partial charge in [0.1, 0.15) is 5.54 Å². The Bertz CT molecular complexity index is 665. The number of nitrogens with zero attached hydrogens (tertiary/aromatic N) is 1. The van der Waals surface area contributed by atoms with E-state index in [9.17, 15) is 9.59 Å². The van der Waals surface area contributed by atoms with Crippen LogP contribution in [-0.2, 0) is 9.53 Å². The van der Waals surface area contributed by atoms with Crippen molar-refractivity contribution in [3.05, 3.63) is 30.1 Å². The number of hydrogen-bond donors (Lipinski definition) is 2. The predicted octanol–water partition coefficient (Wildman–Crippen LogP) is 2.02. The number of esters is 1. The van der Waals surface area contributed by atoms with E-state index in [1.54, 1.807) is 31.5 Å². The van der Waals surface area contributed by atoms with Gasteiger partial charge in [-0.15, -0.1) is 0 Å². The Morgan fingerprint density at radius 2 is 2.19 bits per heavy atom. The highest BCUT2D eigenvalue weighted by Gasteiger charge is 2.35. The molecule has 0 bridgehead atoms. The number of aromatic amines is 1. The lowest BCUT2D eigenvalue weighted by molar-refractivity contribution is -0.147. The maximum absolute atomic E-state index is 12.4. The van der Waals surface area contributed by atoms with Crippen LogP contribution in [0.2, 0.25) is 0 Å². The minimum absolute atomic E-state index is 0.312. The van der Waals surface area contributed by atoms with Crippen molar-refractivity contribution in [3.63, 3.8) is 0 Å². The monoisotopic (exact) mass is 289 g/mol. The van der Waals surface area contributed by atoms with E-state index in [1.165, 1.54) is 7.11 Å². The number of benzene rings is 1. The molecule has 6 nitrogen and oxygen atoms in total. The zero-order chi connectivity index (χ0) is 15.5. The quantitative estimate of drug-likeness (QED) is 0.825. The molecule has 0 aliphatic rings. The van der Waals surface area contributed by atoms with Gasteiger partial charge in [-0.2, -0.15) is 0 Å². The molecule has 1 atom stereocenters. The summed E-state index contributed by atoms with van der Waals surface area (Å²) in [6.45, 7) is 3.62. The van der Waals surface area contributed by atoms with Crippen molar-refractivity contribution in [2.24, 2.45) is 0 Å². The first-order chi connectivity index (χ1) is 10.00. The van der Waals surface area contributed by atoms with E-state index in [1.807, 2.05) is 6.92 Å². The largest absolute Gasteiger partial charge is 0.467 e. The van der Waals surface area contributed by atoms with E-state index in [-0.39, 0.29) is 5.91 Å². The van der Waals surface area contributed by atoms with Crippen LogP contribution in [0.25, 0.3) is 11.0 Å². The van der Waals surface area contributed by atoms with Crippen LogP contribution >= 0.6 is 0 Å². The van der Waals surface area contributed by atoms with E-state index >= 15 is 0 Å². The maximum atomic E-state index is 12.4. The summed E-state index contributed by atoms with van der Waals surface area (Å²) in [7, 11) is 1.32. The number of carbonyl (C=O) groups is 2. The smallest absolute Gasteiger partial charge is 0.331 e. The molecule has 2 rings (SSSR count). The van der Waals surface area contributed by atoms with Gasteiger partial charge >= 0.3 is 5.97 Å². The summed E-state index contributed by atoms with van der Waals surface area (Å²) in [6, 6.07) is 5.15. The van der Waals surface area contributed by atoms with Crippen molar-refractivity contribution in [1.82, 2.24) is 15.3 Å². The first-order valence-electron chi connectivity index (χ1n) is 6.84. The first-order valence-corrected chi connectivity index (χ1v) is 6.84. The average Bonchev–Trinajstić information content (AvgIpc) is 2.93. The van der Waals surface area contributed by atoms with Crippen molar-refractivity contribution in [1.29, 1.82) is 0 Å². The first kappa shape index (κ1) is 15.0. The number of imidazole rings is 1. The van der Waals surface area contributed by atoms with E-state index in [0.29, 0.717) is 12.0 Å². The predicted molar refractivity (Wildman–Crippen MR) is 78.9 cm³/mol. The number of rotatable bonds is 5. The van der Waals surface area contributed by atoms with Gasteiger partial charge in [-0.1, -0.05) is 13.3 Å². The highest BCUT2D eigenvalue weighted by atomic mass is 16.5. The number of amides is 1. The third-order valence-electron chi connectivity index (χ3n) is 3.46. The van der Waals surface area contributed by atoms with Crippen LogP contribution < -0.4 is 5.32 Å². The lowest BCUT2D eigenvalue weighted by Crippen LogP contribution is -2.52. The molecule has 1 aromatic heterocycles. The van der Waals surface area contributed by atoms with Gasteiger partial charge in [0.25, 0.3) is 5.91 Å². The Hall–Kier alpha value is -2.37. The summed E-state index contributed by atoms with van der Waals surface area (Å²) >= 11 is 0. The third-order valence-corrected chi connectivity index (χ3v) is 3.46. The SMILES string of the molecule is CCCC(C)(NC(=O)c1ccc2nc[nH]c2c1)C(=O)OC.